The van der Waals surface area contributed by atoms with E-state index in [0.29, 0.717) is 13.0 Å². The summed E-state index contributed by atoms with van der Waals surface area (Å²) in [5.74, 6) is -1.38. The molecule has 10 heteroatoms. The number of aliphatic hydroxyl groups excluding tert-OH is 4. The number of rotatable bonds is 7. The number of hydrogen-bond donors (Lipinski definition) is 6. The first-order valence-corrected chi connectivity index (χ1v) is 9.82. The Morgan fingerprint density at radius 1 is 1.03 bits per heavy atom. The predicted molar refractivity (Wildman–Crippen MR) is 109 cm³/mol. The average Bonchev–Trinajstić information content (AvgIpc) is 2.69. The Morgan fingerprint density at radius 2 is 1.65 bits per heavy atom. The van der Waals surface area contributed by atoms with Crippen LogP contribution < -0.4 is 4.74 Å². The van der Waals surface area contributed by atoms with Gasteiger partial charge in [-0.15, -0.1) is 0 Å². The van der Waals surface area contributed by atoms with Gasteiger partial charge in [-0.05, 0) is 57.7 Å². The summed E-state index contributed by atoms with van der Waals surface area (Å²) in [6, 6.07) is 6.10. The molecule has 1 aliphatic rings. The van der Waals surface area contributed by atoms with Crippen molar-refractivity contribution >= 4 is 11.9 Å². The normalized spacial score (nSPS) is 25.9. The molecule has 1 aromatic carbocycles. The van der Waals surface area contributed by atoms with Gasteiger partial charge < -0.3 is 40.1 Å². The predicted octanol–water partition coefficient (Wildman–Crippen LogP) is 0.444. The zero-order valence-corrected chi connectivity index (χ0v) is 18.1. The molecule has 0 saturated carbocycles. The quantitative estimate of drug-likeness (QED) is 0.324. The topological polar surface area (TPSA) is 174 Å². The fraction of sp³-hybridized carbons (Fsp3) is 0.619. The molecule has 0 bridgehead atoms. The summed E-state index contributed by atoms with van der Waals surface area (Å²) in [6.45, 7) is 8.08. The lowest BCUT2D eigenvalue weighted by Gasteiger charge is -2.36. The van der Waals surface area contributed by atoms with Gasteiger partial charge in [-0.1, -0.05) is 12.1 Å². The smallest absolute Gasteiger partial charge is 0.335 e. The lowest BCUT2D eigenvalue weighted by molar-refractivity contribution is -0.279. The molecule has 6 N–H and O–H groups in total. The van der Waals surface area contributed by atoms with Crippen LogP contribution in [0.2, 0.25) is 0 Å². The molecular formula is C21H32O10. The average molecular weight is 444 g/mol. The second-order valence-electron chi connectivity index (χ2n) is 8.17. The van der Waals surface area contributed by atoms with Crippen molar-refractivity contribution in [1.29, 1.82) is 0 Å². The fourth-order valence-electron chi connectivity index (χ4n) is 2.73. The molecule has 1 aromatic rings. The monoisotopic (exact) mass is 444 g/mol. The SMILES string of the molecule is Cc1ccc(C)c(OCCCC(C)(C)C(=O)O)c1.O=C(O)[C@H]1OC(O)[C@H](O)[C@@H](O)[C@@H]1O. The van der Waals surface area contributed by atoms with E-state index in [1.807, 2.05) is 26.0 Å². The van der Waals surface area contributed by atoms with E-state index in [4.69, 9.17) is 35.4 Å². The van der Waals surface area contributed by atoms with Crippen LogP contribution in [-0.4, -0.2) is 79.9 Å². The maximum atomic E-state index is 10.9. The van der Waals surface area contributed by atoms with Gasteiger partial charge in [0, 0.05) is 0 Å². The number of carboxylic acid groups (broad SMARTS) is 2. The van der Waals surface area contributed by atoms with Crippen LogP contribution in [-0.2, 0) is 14.3 Å². The highest BCUT2D eigenvalue weighted by Crippen LogP contribution is 2.24. The van der Waals surface area contributed by atoms with Gasteiger partial charge in [0.15, 0.2) is 12.4 Å². The minimum absolute atomic E-state index is 0.557. The molecule has 1 unspecified atom stereocenters. The summed E-state index contributed by atoms with van der Waals surface area (Å²) in [5, 5.41) is 53.4. The van der Waals surface area contributed by atoms with Gasteiger partial charge in [0.05, 0.1) is 12.0 Å². The van der Waals surface area contributed by atoms with Crippen molar-refractivity contribution < 1.29 is 49.7 Å². The summed E-state index contributed by atoms with van der Waals surface area (Å²) in [7, 11) is 0. The highest BCUT2D eigenvalue weighted by Gasteiger charge is 2.46. The van der Waals surface area contributed by atoms with Crippen molar-refractivity contribution in [3.05, 3.63) is 29.3 Å². The van der Waals surface area contributed by atoms with Gasteiger partial charge in [-0.25, -0.2) is 4.79 Å². The number of hydrogen-bond acceptors (Lipinski definition) is 8. The third-order valence-electron chi connectivity index (χ3n) is 4.96. The van der Waals surface area contributed by atoms with E-state index in [-0.39, 0.29) is 0 Å². The van der Waals surface area contributed by atoms with Crippen molar-refractivity contribution in [2.24, 2.45) is 5.41 Å². The van der Waals surface area contributed by atoms with Crippen molar-refractivity contribution in [2.45, 2.75) is 71.2 Å². The molecule has 0 radical (unpaired) electrons. The van der Waals surface area contributed by atoms with E-state index in [9.17, 15) is 9.59 Å². The Kier molecular flexibility index (Phi) is 9.85. The van der Waals surface area contributed by atoms with Crippen LogP contribution in [0.25, 0.3) is 0 Å². The minimum atomic E-state index is -1.81. The van der Waals surface area contributed by atoms with Crippen LogP contribution >= 0.6 is 0 Å². The molecule has 0 aromatic heterocycles. The van der Waals surface area contributed by atoms with Crippen molar-refractivity contribution in [2.75, 3.05) is 6.61 Å². The van der Waals surface area contributed by atoms with E-state index in [2.05, 4.69) is 10.8 Å². The fourth-order valence-corrected chi connectivity index (χ4v) is 2.73. The maximum absolute atomic E-state index is 10.9. The van der Waals surface area contributed by atoms with Crippen molar-refractivity contribution in [1.82, 2.24) is 0 Å². The number of ether oxygens (including phenoxy) is 2. The molecule has 1 heterocycles. The molecule has 5 atom stereocenters. The maximum Gasteiger partial charge on any atom is 0.335 e. The number of carboxylic acids is 2. The Labute approximate surface area is 180 Å². The molecule has 1 fully saturated rings. The van der Waals surface area contributed by atoms with Gasteiger partial charge in [0.1, 0.15) is 24.1 Å². The van der Waals surface area contributed by atoms with E-state index >= 15 is 0 Å². The molecule has 0 spiro atoms. The molecule has 0 amide bonds. The van der Waals surface area contributed by atoms with Gasteiger partial charge >= 0.3 is 11.9 Å². The summed E-state index contributed by atoms with van der Waals surface area (Å²) >= 11 is 0. The van der Waals surface area contributed by atoms with E-state index < -0.39 is 48.1 Å². The molecular weight excluding hydrogens is 412 g/mol. The van der Waals surface area contributed by atoms with E-state index in [1.165, 1.54) is 5.56 Å². The lowest BCUT2D eigenvalue weighted by Crippen LogP contribution is -2.59. The van der Waals surface area contributed by atoms with E-state index in [0.717, 1.165) is 17.7 Å². The zero-order valence-electron chi connectivity index (χ0n) is 18.1. The highest BCUT2D eigenvalue weighted by atomic mass is 16.6. The summed E-state index contributed by atoms with van der Waals surface area (Å²) in [4.78, 5) is 21.3. The summed E-state index contributed by atoms with van der Waals surface area (Å²) < 4.78 is 10.0. The van der Waals surface area contributed by atoms with Crippen molar-refractivity contribution in [3.63, 3.8) is 0 Å². The first kappa shape index (κ1) is 26.8. The first-order chi connectivity index (χ1) is 14.3. The third kappa shape index (κ3) is 7.75. The van der Waals surface area contributed by atoms with Crippen LogP contribution in [0.4, 0.5) is 0 Å². The summed E-state index contributed by atoms with van der Waals surface area (Å²) in [5.41, 5.74) is 1.60. The molecule has 2 rings (SSSR count). The standard InChI is InChI=1S/C15H22O3.C6H10O7/c1-11-6-7-12(2)13(10-11)18-9-5-8-15(3,4)14(16)17;7-1-2(8)4(5(10)11)13-6(12)3(1)9/h6-7,10H,5,8-9H2,1-4H3,(H,16,17);1-4,6-9,12H,(H,10,11)/t;1-,2-,3+,4-,6?/m.0/s1. The number of aliphatic carboxylic acids is 2. The second-order valence-corrected chi connectivity index (χ2v) is 8.17. The van der Waals surface area contributed by atoms with Crippen molar-refractivity contribution in [3.8, 4) is 5.75 Å². The molecule has 1 saturated heterocycles. The molecule has 176 valence electrons. The van der Waals surface area contributed by atoms with Gasteiger partial charge in [-0.3, -0.25) is 4.79 Å². The van der Waals surface area contributed by atoms with Crippen LogP contribution in [0, 0.1) is 19.3 Å². The number of carbonyl (C=O) groups is 2. The Balaban J connectivity index is 0.000000327. The summed E-state index contributed by atoms with van der Waals surface area (Å²) in [6.07, 6.45) is -7.36. The van der Waals surface area contributed by atoms with Crippen LogP contribution in [0.3, 0.4) is 0 Å². The molecule has 1 aliphatic heterocycles. The van der Waals surface area contributed by atoms with Crippen LogP contribution in [0.15, 0.2) is 18.2 Å². The largest absolute Gasteiger partial charge is 0.493 e. The minimum Gasteiger partial charge on any atom is -0.493 e. The Morgan fingerprint density at radius 3 is 2.19 bits per heavy atom. The number of aryl methyl sites for hydroxylation is 2. The molecule has 0 aliphatic carbocycles. The number of benzene rings is 1. The third-order valence-corrected chi connectivity index (χ3v) is 4.96. The van der Waals surface area contributed by atoms with Crippen LogP contribution in [0.1, 0.15) is 37.8 Å². The Bertz CT molecular complexity index is 748. The highest BCUT2D eigenvalue weighted by molar-refractivity contribution is 5.73. The van der Waals surface area contributed by atoms with Crippen LogP contribution in [0.5, 0.6) is 5.75 Å². The second kappa shape index (κ2) is 11.4. The Hall–Kier alpha value is -2.24. The molecule has 31 heavy (non-hydrogen) atoms. The van der Waals surface area contributed by atoms with E-state index in [1.54, 1.807) is 13.8 Å². The van der Waals surface area contributed by atoms with Gasteiger partial charge in [0.2, 0.25) is 0 Å². The first-order valence-electron chi connectivity index (χ1n) is 9.82. The number of aliphatic hydroxyl groups is 4. The molecule has 10 nitrogen and oxygen atoms in total. The lowest BCUT2D eigenvalue weighted by atomic mass is 9.88. The zero-order chi connectivity index (χ0) is 23.9. The van der Waals surface area contributed by atoms with Gasteiger partial charge in [0.25, 0.3) is 0 Å². The van der Waals surface area contributed by atoms with Gasteiger partial charge in [-0.2, -0.15) is 0 Å².